The van der Waals surface area contributed by atoms with E-state index in [4.69, 9.17) is 21.1 Å². The van der Waals surface area contributed by atoms with Gasteiger partial charge >= 0.3 is 0 Å². The molecule has 6 nitrogen and oxygen atoms in total. The van der Waals surface area contributed by atoms with Gasteiger partial charge in [-0.3, -0.25) is 19.4 Å². The highest BCUT2D eigenvalue weighted by atomic mass is 35.5. The van der Waals surface area contributed by atoms with E-state index in [1.54, 1.807) is 7.11 Å². The number of methoxy groups -OCH3 is 1. The molecule has 36 heavy (non-hydrogen) atoms. The van der Waals surface area contributed by atoms with Crippen LogP contribution in [0.15, 0.2) is 36.4 Å². The van der Waals surface area contributed by atoms with Crippen LogP contribution < -0.4 is 9.47 Å². The second kappa shape index (κ2) is 12.6. The van der Waals surface area contributed by atoms with Crippen molar-refractivity contribution in [3.63, 3.8) is 0 Å². The monoisotopic (exact) mass is 512 g/mol. The summed E-state index contributed by atoms with van der Waals surface area (Å²) in [7, 11) is 1.63. The standard InChI is InChI=1S/C29H37ClN2O4/c1-21-16-23(8-10-25(21)30)19-31(18-22-6-4-3-5-7-22)20-24-9-11-26(27(17-24)35-2)36-15-14-32-28(33)12-13-29(32)34/h8-11,16-17,22H,3-7,12-15,18-20H2,1-2H3. The number of aryl methyl sites for hydroxylation is 1. The first-order chi connectivity index (χ1) is 17.4. The van der Waals surface area contributed by atoms with E-state index >= 15 is 0 Å². The van der Waals surface area contributed by atoms with Gasteiger partial charge in [-0.15, -0.1) is 0 Å². The van der Waals surface area contributed by atoms with Crippen molar-refractivity contribution < 1.29 is 19.1 Å². The van der Waals surface area contributed by atoms with Gasteiger partial charge in [0, 0.05) is 37.5 Å². The fraction of sp³-hybridized carbons (Fsp3) is 0.517. The second-order valence-electron chi connectivity index (χ2n) is 10.0. The summed E-state index contributed by atoms with van der Waals surface area (Å²) in [5, 5.41) is 0.802. The van der Waals surface area contributed by atoms with E-state index in [-0.39, 0.29) is 25.0 Å². The highest BCUT2D eigenvalue weighted by molar-refractivity contribution is 6.31. The van der Waals surface area contributed by atoms with Gasteiger partial charge in [0.25, 0.3) is 0 Å². The summed E-state index contributed by atoms with van der Waals surface area (Å²) >= 11 is 6.26. The first-order valence-electron chi connectivity index (χ1n) is 13.0. The molecule has 2 aliphatic rings. The number of likely N-dealkylation sites (tertiary alicyclic amines) is 1. The zero-order valence-corrected chi connectivity index (χ0v) is 22.2. The normalized spacial score (nSPS) is 16.7. The lowest BCUT2D eigenvalue weighted by atomic mass is 9.88. The third kappa shape index (κ3) is 7.01. The van der Waals surface area contributed by atoms with E-state index in [1.807, 2.05) is 18.2 Å². The molecular formula is C29H37ClN2O4. The number of carbonyl (C=O) groups excluding carboxylic acids is 2. The highest BCUT2D eigenvalue weighted by Gasteiger charge is 2.28. The number of imide groups is 1. The van der Waals surface area contributed by atoms with Crippen molar-refractivity contribution in [2.75, 3.05) is 26.8 Å². The lowest BCUT2D eigenvalue weighted by Gasteiger charge is -2.30. The zero-order valence-electron chi connectivity index (χ0n) is 21.4. The summed E-state index contributed by atoms with van der Waals surface area (Å²) < 4.78 is 11.5. The van der Waals surface area contributed by atoms with Gasteiger partial charge < -0.3 is 9.47 Å². The van der Waals surface area contributed by atoms with Crippen LogP contribution in [0.5, 0.6) is 11.5 Å². The van der Waals surface area contributed by atoms with Crippen LogP contribution in [0.3, 0.4) is 0 Å². The van der Waals surface area contributed by atoms with Crippen LogP contribution in [0.2, 0.25) is 5.02 Å². The smallest absolute Gasteiger partial charge is 0.229 e. The number of halogens is 1. The molecule has 7 heteroatoms. The third-order valence-corrected chi connectivity index (χ3v) is 7.66. The summed E-state index contributed by atoms with van der Waals surface area (Å²) in [5.41, 5.74) is 3.53. The van der Waals surface area contributed by atoms with Gasteiger partial charge in [0.05, 0.1) is 13.7 Å². The number of hydrogen-bond acceptors (Lipinski definition) is 5. The fourth-order valence-electron chi connectivity index (χ4n) is 5.29. The first kappa shape index (κ1) is 26.5. The molecule has 2 aromatic carbocycles. The minimum Gasteiger partial charge on any atom is -0.493 e. The van der Waals surface area contributed by atoms with Crippen molar-refractivity contribution in [3.8, 4) is 11.5 Å². The number of ether oxygens (including phenoxy) is 2. The summed E-state index contributed by atoms with van der Waals surface area (Å²) in [6, 6.07) is 12.3. The van der Waals surface area contributed by atoms with Crippen molar-refractivity contribution in [1.82, 2.24) is 9.80 Å². The molecule has 1 heterocycles. The van der Waals surface area contributed by atoms with E-state index in [0.717, 1.165) is 41.7 Å². The molecule has 2 amide bonds. The fourth-order valence-corrected chi connectivity index (χ4v) is 5.41. The average Bonchev–Trinajstić information content (AvgIpc) is 3.19. The Morgan fingerprint density at radius 1 is 0.944 bits per heavy atom. The van der Waals surface area contributed by atoms with E-state index < -0.39 is 0 Å². The number of benzene rings is 2. The van der Waals surface area contributed by atoms with Crippen LogP contribution in [0, 0.1) is 12.8 Å². The lowest BCUT2D eigenvalue weighted by molar-refractivity contribution is -0.138. The van der Waals surface area contributed by atoms with Gasteiger partial charge in [0.15, 0.2) is 11.5 Å². The van der Waals surface area contributed by atoms with Gasteiger partial charge in [-0.1, -0.05) is 49.1 Å². The molecule has 1 aliphatic heterocycles. The molecule has 0 N–H and O–H groups in total. The van der Waals surface area contributed by atoms with Crippen LogP contribution in [-0.2, 0) is 22.7 Å². The van der Waals surface area contributed by atoms with Crippen molar-refractivity contribution in [3.05, 3.63) is 58.1 Å². The number of hydrogen-bond donors (Lipinski definition) is 0. The molecule has 1 saturated heterocycles. The maximum atomic E-state index is 11.8. The maximum absolute atomic E-state index is 11.8. The molecule has 0 radical (unpaired) electrons. The molecule has 0 atom stereocenters. The van der Waals surface area contributed by atoms with Gasteiger partial charge in [-0.25, -0.2) is 0 Å². The molecule has 1 aliphatic carbocycles. The highest BCUT2D eigenvalue weighted by Crippen LogP contribution is 2.30. The zero-order chi connectivity index (χ0) is 25.5. The molecular weight excluding hydrogens is 476 g/mol. The predicted molar refractivity (Wildman–Crippen MR) is 141 cm³/mol. The molecule has 2 aromatic rings. The lowest BCUT2D eigenvalue weighted by Crippen LogP contribution is -2.33. The number of carbonyl (C=O) groups is 2. The summed E-state index contributed by atoms with van der Waals surface area (Å²) in [6.45, 7) is 5.31. The molecule has 1 saturated carbocycles. The maximum Gasteiger partial charge on any atom is 0.229 e. The van der Waals surface area contributed by atoms with Crippen molar-refractivity contribution in [2.45, 2.75) is 65.0 Å². The molecule has 4 rings (SSSR count). The van der Waals surface area contributed by atoms with E-state index in [1.165, 1.54) is 42.6 Å². The summed E-state index contributed by atoms with van der Waals surface area (Å²) in [6.07, 6.45) is 7.20. The Balaban J connectivity index is 1.42. The SMILES string of the molecule is COc1cc(CN(Cc2ccc(Cl)c(C)c2)CC2CCCCC2)ccc1OCCN1C(=O)CCC1=O. The molecule has 2 fully saturated rings. The Hall–Kier alpha value is -2.57. The summed E-state index contributed by atoms with van der Waals surface area (Å²) in [5.74, 6) is 1.76. The summed E-state index contributed by atoms with van der Waals surface area (Å²) in [4.78, 5) is 27.4. The second-order valence-corrected chi connectivity index (χ2v) is 10.4. The van der Waals surface area contributed by atoms with Gasteiger partial charge in [0.2, 0.25) is 11.8 Å². The number of rotatable bonds is 11. The minimum atomic E-state index is -0.125. The van der Waals surface area contributed by atoms with Crippen LogP contribution >= 0.6 is 11.6 Å². The van der Waals surface area contributed by atoms with Gasteiger partial charge in [0.1, 0.15) is 6.61 Å². The Morgan fingerprint density at radius 3 is 2.28 bits per heavy atom. The Morgan fingerprint density at radius 2 is 1.61 bits per heavy atom. The van der Waals surface area contributed by atoms with Crippen LogP contribution in [0.1, 0.15) is 61.6 Å². The van der Waals surface area contributed by atoms with Crippen LogP contribution in [-0.4, -0.2) is 48.4 Å². The van der Waals surface area contributed by atoms with E-state index in [2.05, 4.69) is 30.0 Å². The van der Waals surface area contributed by atoms with Crippen molar-refractivity contribution in [1.29, 1.82) is 0 Å². The van der Waals surface area contributed by atoms with E-state index in [9.17, 15) is 9.59 Å². The topological polar surface area (TPSA) is 59.1 Å². The van der Waals surface area contributed by atoms with Crippen molar-refractivity contribution >= 4 is 23.4 Å². The Bertz CT molecular complexity index is 1050. The largest absolute Gasteiger partial charge is 0.493 e. The average molecular weight is 513 g/mol. The molecule has 194 valence electrons. The first-order valence-corrected chi connectivity index (χ1v) is 13.4. The van der Waals surface area contributed by atoms with E-state index in [0.29, 0.717) is 24.3 Å². The van der Waals surface area contributed by atoms with Gasteiger partial charge in [-0.05, 0) is 60.6 Å². The quantitative estimate of drug-likeness (QED) is 0.358. The minimum absolute atomic E-state index is 0.125. The number of amides is 2. The Labute approximate surface area is 219 Å². The molecule has 0 unspecified atom stereocenters. The van der Waals surface area contributed by atoms with Crippen LogP contribution in [0.4, 0.5) is 0 Å². The van der Waals surface area contributed by atoms with Crippen LogP contribution in [0.25, 0.3) is 0 Å². The number of nitrogens with zero attached hydrogens (tertiary/aromatic N) is 2. The predicted octanol–water partition coefficient (Wildman–Crippen LogP) is 5.77. The molecule has 0 aromatic heterocycles. The third-order valence-electron chi connectivity index (χ3n) is 7.23. The van der Waals surface area contributed by atoms with Gasteiger partial charge in [-0.2, -0.15) is 0 Å². The van der Waals surface area contributed by atoms with Crippen molar-refractivity contribution in [2.24, 2.45) is 5.92 Å². The Kier molecular flexibility index (Phi) is 9.27. The molecule has 0 bridgehead atoms. The molecule has 0 spiro atoms.